The summed E-state index contributed by atoms with van der Waals surface area (Å²) >= 11 is 2.15. The molecule has 1 atom stereocenters. The van der Waals surface area contributed by atoms with E-state index in [0.717, 1.165) is 23.1 Å². The summed E-state index contributed by atoms with van der Waals surface area (Å²) in [6, 6.07) is 2.03. The largest absolute Gasteiger partial charge is 0.477 e. The Morgan fingerprint density at radius 3 is 2.93 bits per heavy atom. The van der Waals surface area contributed by atoms with E-state index >= 15 is 0 Å². The number of carboxylic acid groups (broad SMARTS) is 1. The van der Waals surface area contributed by atoms with Crippen molar-refractivity contribution in [2.75, 3.05) is 20.1 Å². The summed E-state index contributed by atoms with van der Waals surface area (Å²) in [4.78, 5) is 13.3. The van der Waals surface area contributed by atoms with E-state index in [1.807, 2.05) is 10.8 Å². The molecule has 1 aliphatic rings. The number of likely N-dealkylation sites (N-methyl/N-ethyl adjacent to an activating group) is 1. The molecule has 0 spiro atoms. The molecule has 0 aliphatic carbocycles. The topological polar surface area (TPSA) is 45.5 Å². The number of carbonyl (C=O) groups is 1. The maximum Gasteiger partial charge on any atom is 0.352 e. The number of aromatic nitrogens is 1. The van der Waals surface area contributed by atoms with Crippen LogP contribution in [0.5, 0.6) is 0 Å². The second kappa shape index (κ2) is 4.13. The van der Waals surface area contributed by atoms with Gasteiger partial charge in [0.2, 0.25) is 0 Å². The van der Waals surface area contributed by atoms with E-state index in [-0.39, 0.29) is 0 Å². The Morgan fingerprint density at radius 1 is 1.67 bits per heavy atom. The smallest absolute Gasteiger partial charge is 0.352 e. The SMILES string of the molecule is CN1CCC(n2cc(I)cc2C(=O)O)C1. The molecule has 1 aliphatic heterocycles. The average molecular weight is 320 g/mol. The average Bonchev–Trinajstić information content (AvgIpc) is 2.71. The molecule has 1 saturated heterocycles. The van der Waals surface area contributed by atoms with Crippen molar-refractivity contribution in [3.8, 4) is 0 Å². The Morgan fingerprint density at radius 2 is 2.40 bits per heavy atom. The number of hydrogen-bond donors (Lipinski definition) is 1. The third kappa shape index (κ3) is 2.17. The van der Waals surface area contributed by atoms with Crippen LogP contribution in [0.15, 0.2) is 12.3 Å². The first-order valence-electron chi connectivity index (χ1n) is 4.87. The van der Waals surface area contributed by atoms with E-state index in [2.05, 4.69) is 34.5 Å². The first kappa shape index (κ1) is 10.9. The van der Waals surface area contributed by atoms with Gasteiger partial charge in [-0.1, -0.05) is 0 Å². The molecule has 4 nitrogen and oxygen atoms in total. The zero-order chi connectivity index (χ0) is 11.0. The molecule has 1 unspecified atom stereocenters. The van der Waals surface area contributed by atoms with Crippen molar-refractivity contribution in [3.63, 3.8) is 0 Å². The van der Waals surface area contributed by atoms with Crippen LogP contribution in [0.4, 0.5) is 0 Å². The van der Waals surface area contributed by atoms with Crippen LogP contribution in [-0.2, 0) is 0 Å². The van der Waals surface area contributed by atoms with Gasteiger partial charge in [0.1, 0.15) is 5.69 Å². The van der Waals surface area contributed by atoms with Crippen LogP contribution in [0.25, 0.3) is 0 Å². The predicted molar refractivity (Wildman–Crippen MR) is 65.3 cm³/mol. The molecule has 0 saturated carbocycles. The summed E-state index contributed by atoms with van der Waals surface area (Å²) < 4.78 is 2.88. The molecule has 1 N–H and O–H groups in total. The van der Waals surface area contributed by atoms with Crippen molar-refractivity contribution in [1.82, 2.24) is 9.47 Å². The second-order valence-electron chi connectivity index (χ2n) is 3.96. The van der Waals surface area contributed by atoms with E-state index in [1.54, 1.807) is 6.07 Å². The van der Waals surface area contributed by atoms with Crippen LogP contribution in [0.3, 0.4) is 0 Å². The van der Waals surface area contributed by atoms with Crippen LogP contribution in [0.2, 0.25) is 0 Å². The Bertz CT molecular complexity index is 389. The second-order valence-corrected chi connectivity index (χ2v) is 5.21. The number of likely N-dealkylation sites (tertiary alicyclic amines) is 1. The Kier molecular flexibility index (Phi) is 3.01. The molecule has 15 heavy (non-hydrogen) atoms. The lowest BCUT2D eigenvalue weighted by atomic mass is 10.2. The third-order valence-electron chi connectivity index (χ3n) is 2.79. The summed E-state index contributed by atoms with van der Waals surface area (Å²) in [5, 5.41) is 9.07. The van der Waals surface area contributed by atoms with Crippen LogP contribution in [0, 0.1) is 3.57 Å². The Labute approximate surface area is 102 Å². The highest BCUT2D eigenvalue weighted by Crippen LogP contribution is 2.24. The minimum atomic E-state index is -0.840. The van der Waals surface area contributed by atoms with Crippen LogP contribution >= 0.6 is 22.6 Å². The van der Waals surface area contributed by atoms with Crippen molar-refractivity contribution in [3.05, 3.63) is 21.5 Å². The quantitative estimate of drug-likeness (QED) is 0.843. The van der Waals surface area contributed by atoms with Gasteiger partial charge in [-0.2, -0.15) is 0 Å². The maximum absolute atomic E-state index is 11.0. The number of hydrogen-bond acceptors (Lipinski definition) is 2. The van der Waals surface area contributed by atoms with Gasteiger partial charge < -0.3 is 14.6 Å². The van der Waals surface area contributed by atoms with Crippen LogP contribution < -0.4 is 0 Å². The zero-order valence-corrected chi connectivity index (χ0v) is 10.6. The molecule has 1 aromatic rings. The fourth-order valence-corrected chi connectivity index (χ4v) is 2.65. The molecule has 0 bridgehead atoms. The number of rotatable bonds is 2. The minimum absolute atomic E-state index is 0.310. The minimum Gasteiger partial charge on any atom is -0.477 e. The lowest BCUT2D eigenvalue weighted by Crippen LogP contribution is -2.18. The number of aromatic carboxylic acids is 1. The maximum atomic E-state index is 11.0. The third-order valence-corrected chi connectivity index (χ3v) is 3.38. The highest BCUT2D eigenvalue weighted by atomic mass is 127. The molecule has 2 heterocycles. The molecular weight excluding hydrogens is 307 g/mol. The first-order valence-corrected chi connectivity index (χ1v) is 5.95. The summed E-state index contributed by atoms with van der Waals surface area (Å²) in [6.07, 6.45) is 2.95. The van der Waals surface area contributed by atoms with E-state index < -0.39 is 5.97 Å². The van der Waals surface area contributed by atoms with Crippen molar-refractivity contribution in [1.29, 1.82) is 0 Å². The molecule has 1 fully saturated rings. The van der Waals surface area contributed by atoms with E-state index in [0.29, 0.717) is 11.7 Å². The van der Waals surface area contributed by atoms with Crippen LogP contribution in [-0.4, -0.2) is 40.7 Å². The Hall–Kier alpha value is -0.560. The van der Waals surface area contributed by atoms with Crippen molar-refractivity contribution in [2.45, 2.75) is 12.5 Å². The predicted octanol–water partition coefficient (Wildman–Crippen LogP) is 1.67. The van der Waals surface area contributed by atoms with Gasteiger partial charge in [0.25, 0.3) is 0 Å². The van der Waals surface area contributed by atoms with Gasteiger partial charge in [0.15, 0.2) is 0 Å². The standard InChI is InChI=1S/C10H13IN2O2/c1-12-3-2-8(6-12)13-5-7(11)4-9(13)10(14)15/h4-5,8H,2-3,6H2,1H3,(H,14,15). The van der Waals surface area contributed by atoms with Crippen molar-refractivity contribution < 1.29 is 9.90 Å². The van der Waals surface area contributed by atoms with E-state index in [4.69, 9.17) is 5.11 Å². The number of halogens is 1. The normalized spacial score (nSPS) is 22.1. The van der Waals surface area contributed by atoms with Crippen molar-refractivity contribution >= 4 is 28.6 Å². The highest BCUT2D eigenvalue weighted by Gasteiger charge is 2.24. The molecule has 2 rings (SSSR count). The van der Waals surface area contributed by atoms with Gasteiger partial charge in [-0.3, -0.25) is 0 Å². The number of carboxylic acids is 1. The molecule has 0 aromatic carbocycles. The molecule has 5 heteroatoms. The van der Waals surface area contributed by atoms with Gasteiger partial charge in [-0.25, -0.2) is 4.79 Å². The van der Waals surface area contributed by atoms with Gasteiger partial charge >= 0.3 is 5.97 Å². The molecular formula is C10H13IN2O2. The molecule has 0 amide bonds. The first-order chi connectivity index (χ1) is 7.08. The molecule has 82 valence electrons. The molecule has 0 radical (unpaired) electrons. The summed E-state index contributed by atoms with van der Waals surface area (Å²) in [7, 11) is 2.06. The van der Waals surface area contributed by atoms with Gasteiger partial charge in [-0.15, -0.1) is 0 Å². The number of nitrogens with zero attached hydrogens (tertiary/aromatic N) is 2. The highest BCUT2D eigenvalue weighted by molar-refractivity contribution is 14.1. The summed E-state index contributed by atoms with van der Waals surface area (Å²) in [6.45, 7) is 1.98. The fraction of sp³-hybridized carbons (Fsp3) is 0.500. The van der Waals surface area contributed by atoms with Gasteiger partial charge in [-0.05, 0) is 48.7 Å². The lowest BCUT2D eigenvalue weighted by Gasteiger charge is -2.14. The summed E-state index contributed by atoms with van der Waals surface area (Å²) in [5.74, 6) is -0.840. The monoisotopic (exact) mass is 320 g/mol. The zero-order valence-electron chi connectivity index (χ0n) is 8.48. The van der Waals surface area contributed by atoms with E-state index in [9.17, 15) is 4.79 Å². The summed E-state index contributed by atoms with van der Waals surface area (Å²) in [5.41, 5.74) is 0.403. The molecule has 1 aromatic heterocycles. The van der Waals surface area contributed by atoms with Gasteiger partial charge in [0, 0.05) is 22.4 Å². The van der Waals surface area contributed by atoms with E-state index in [1.165, 1.54) is 0 Å². The van der Waals surface area contributed by atoms with Crippen LogP contribution in [0.1, 0.15) is 23.0 Å². The van der Waals surface area contributed by atoms with Crippen molar-refractivity contribution in [2.24, 2.45) is 0 Å². The Balaban J connectivity index is 2.30. The fourth-order valence-electron chi connectivity index (χ4n) is 2.06. The lowest BCUT2D eigenvalue weighted by molar-refractivity contribution is 0.0682. The van der Waals surface area contributed by atoms with Gasteiger partial charge in [0.05, 0.1) is 0 Å².